The summed E-state index contributed by atoms with van der Waals surface area (Å²) in [5.74, 6) is 0.689. The Labute approximate surface area is 186 Å². The van der Waals surface area contributed by atoms with E-state index in [-0.39, 0.29) is 29.1 Å². The number of carbonyl (C=O) groups excluding carboxylic acids is 1. The maximum absolute atomic E-state index is 13.9. The van der Waals surface area contributed by atoms with Gasteiger partial charge < -0.3 is 19.6 Å². The molecule has 7 nitrogen and oxygen atoms in total. The number of amides is 1. The normalized spacial score (nSPS) is 14.3. The quantitative estimate of drug-likeness (QED) is 0.652. The number of hydrogen-bond donors (Lipinski definition) is 1. The number of halogens is 1. The van der Waals surface area contributed by atoms with Crippen LogP contribution in [0.3, 0.4) is 0 Å². The van der Waals surface area contributed by atoms with E-state index in [0.29, 0.717) is 44.1 Å². The maximum Gasteiger partial charge on any atom is 0.409 e. The van der Waals surface area contributed by atoms with Crippen molar-refractivity contribution in [1.82, 2.24) is 14.9 Å². The lowest BCUT2D eigenvalue weighted by molar-refractivity contribution is 0.0901. The molecule has 0 spiro atoms. The van der Waals surface area contributed by atoms with Crippen LogP contribution in [0.5, 0.6) is 5.75 Å². The molecule has 8 heteroatoms. The van der Waals surface area contributed by atoms with E-state index in [4.69, 9.17) is 9.72 Å². The van der Waals surface area contributed by atoms with Crippen molar-refractivity contribution in [2.24, 2.45) is 5.92 Å². The highest BCUT2D eigenvalue weighted by Crippen LogP contribution is 2.33. The van der Waals surface area contributed by atoms with Crippen molar-refractivity contribution in [2.45, 2.75) is 20.8 Å². The van der Waals surface area contributed by atoms with E-state index in [1.165, 1.54) is 18.2 Å². The van der Waals surface area contributed by atoms with Gasteiger partial charge in [0.2, 0.25) is 0 Å². The molecule has 1 fully saturated rings. The monoisotopic (exact) mass is 438 g/mol. The van der Waals surface area contributed by atoms with E-state index < -0.39 is 5.82 Å². The highest BCUT2D eigenvalue weighted by atomic mass is 19.1. The Balaban J connectivity index is 1.65. The summed E-state index contributed by atoms with van der Waals surface area (Å²) in [6.07, 6.45) is -0.299. The van der Waals surface area contributed by atoms with E-state index in [9.17, 15) is 14.3 Å². The molecule has 1 saturated heterocycles. The van der Waals surface area contributed by atoms with Crippen LogP contribution in [0.25, 0.3) is 22.3 Å². The lowest BCUT2D eigenvalue weighted by Crippen LogP contribution is -2.49. The largest absolute Gasteiger partial charge is 0.507 e. The van der Waals surface area contributed by atoms with Gasteiger partial charge in [0.05, 0.1) is 17.7 Å². The van der Waals surface area contributed by atoms with Crippen LogP contribution in [0.1, 0.15) is 19.4 Å². The van der Waals surface area contributed by atoms with E-state index >= 15 is 0 Å². The van der Waals surface area contributed by atoms with Crippen molar-refractivity contribution in [3.63, 3.8) is 0 Å². The van der Waals surface area contributed by atoms with Crippen LogP contribution in [-0.2, 0) is 4.74 Å². The highest BCUT2D eigenvalue weighted by molar-refractivity contribution is 5.92. The second-order valence-electron chi connectivity index (χ2n) is 8.50. The lowest BCUT2D eigenvalue weighted by Gasteiger charge is -2.35. The van der Waals surface area contributed by atoms with Gasteiger partial charge in [-0.3, -0.25) is 0 Å². The second-order valence-corrected chi connectivity index (χ2v) is 8.50. The minimum absolute atomic E-state index is 0.0814. The van der Waals surface area contributed by atoms with Crippen molar-refractivity contribution in [2.75, 3.05) is 37.7 Å². The van der Waals surface area contributed by atoms with Gasteiger partial charge in [0, 0.05) is 31.6 Å². The summed E-state index contributed by atoms with van der Waals surface area (Å²) in [6.45, 7) is 8.54. The van der Waals surface area contributed by atoms with Gasteiger partial charge in [-0.1, -0.05) is 19.9 Å². The van der Waals surface area contributed by atoms with Gasteiger partial charge in [-0.2, -0.15) is 0 Å². The Morgan fingerprint density at radius 3 is 2.59 bits per heavy atom. The minimum atomic E-state index is -0.471. The Hall–Kier alpha value is -3.42. The summed E-state index contributed by atoms with van der Waals surface area (Å²) in [5.41, 5.74) is 1.99. The molecule has 0 unspecified atom stereocenters. The molecule has 4 rings (SSSR count). The molecule has 0 radical (unpaired) electrons. The fraction of sp³-hybridized carbons (Fsp3) is 0.375. The Kier molecular flexibility index (Phi) is 6.12. The highest BCUT2D eigenvalue weighted by Gasteiger charge is 2.25. The number of aromatic hydroxyl groups is 1. The first kappa shape index (κ1) is 21.8. The first-order chi connectivity index (χ1) is 15.3. The summed E-state index contributed by atoms with van der Waals surface area (Å²) in [7, 11) is 0. The number of phenols is 1. The van der Waals surface area contributed by atoms with Crippen molar-refractivity contribution in [3.05, 3.63) is 47.8 Å². The zero-order chi connectivity index (χ0) is 22.8. The van der Waals surface area contributed by atoms with Crippen LogP contribution in [0.2, 0.25) is 0 Å². The maximum atomic E-state index is 13.9. The van der Waals surface area contributed by atoms with Gasteiger partial charge in [-0.15, -0.1) is 0 Å². The number of nitrogens with zero attached hydrogens (tertiary/aromatic N) is 4. The van der Waals surface area contributed by atoms with Gasteiger partial charge >= 0.3 is 6.09 Å². The molecule has 0 saturated carbocycles. The number of aromatic nitrogens is 2. The SMILES string of the molecule is Cc1ccc2c(N3CCN(C(=O)OCC(C)C)CC3)nc(-c3cc(F)ccc3O)nc2c1. The third-order valence-corrected chi connectivity index (χ3v) is 5.41. The van der Waals surface area contributed by atoms with Crippen molar-refractivity contribution in [1.29, 1.82) is 0 Å². The Morgan fingerprint density at radius 2 is 1.88 bits per heavy atom. The number of aryl methyl sites for hydroxylation is 1. The molecule has 0 atom stereocenters. The Morgan fingerprint density at radius 1 is 1.12 bits per heavy atom. The Bertz CT molecular complexity index is 1140. The molecule has 1 aliphatic heterocycles. The average molecular weight is 439 g/mol. The minimum Gasteiger partial charge on any atom is -0.507 e. The molecule has 2 aromatic carbocycles. The van der Waals surface area contributed by atoms with Crippen molar-refractivity contribution >= 4 is 22.8 Å². The number of carbonyl (C=O) groups is 1. The zero-order valence-electron chi connectivity index (χ0n) is 18.5. The number of ether oxygens (including phenoxy) is 1. The van der Waals surface area contributed by atoms with Gasteiger partial charge in [-0.05, 0) is 48.7 Å². The predicted octanol–water partition coefficient (Wildman–Crippen LogP) is 4.36. The van der Waals surface area contributed by atoms with Crippen LogP contribution >= 0.6 is 0 Å². The number of fused-ring (bicyclic) bond motifs is 1. The first-order valence-electron chi connectivity index (χ1n) is 10.8. The van der Waals surface area contributed by atoms with Crippen LogP contribution in [-0.4, -0.2) is 58.9 Å². The van der Waals surface area contributed by atoms with E-state index in [2.05, 4.69) is 9.88 Å². The fourth-order valence-electron chi connectivity index (χ4n) is 3.70. The molecule has 32 heavy (non-hydrogen) atoms. The smallest absolute Gasteiger partial charge is 0.409 e. The van der Waals surface area contributed by atoms with Gasteiger partial charge in [0.25, 0.3) is 0 Å². The first-order valence-corrected chi connectivity index (χ1v) is 10.8. The van der Waals surface area contributed by atoms with Gasteiger partial charge in [0.1, 0.15) is 17.4 Å². The number of hydrogen-bond acceptors (Lipinski definition) is 6. The molecular weight excluding hydrogens is 411 g/mol. The zero-order valence-corrected chi connectivity index (χ0v) is 18.5. The molecule has 1 aromatic heterocycles. The number of piperazine rings is 1. The van der Waals surface area contributed by atoms with Crippen LogP contribution in [0.15, 0.2) is 36.4 Å². The summed E-state index contributed by atoms with van der Waals surface area (Å²) >= 11 is 0. The number of rotatable bonds is 4. The molecule has 1 aliphatic rings. The van der Waals surface area contributed by atoms with Crippen LogP contribution in [0.4, 0.5) is 15.0 Å². The topological polar surface area (TPSA) is 78.8 Å². The van der Waals surface area contributed by atoms with Gasteiger partial charge in [-0.25, -0.2) is 19.2 Å². The lowest BCUT2D eigenvalue weighted by atomic mass is 10.1. The van der Waals surface area contributed by atoms with Crippen LogP contribution < -0.4 is 4.90 Å². The molecule has 0 aliphatic carbocycles. The van der Waals surface area contributed by atoms with Gasteiger partial charge in [0.15, 0.2) is 5.82 Å². The molecular formula is C24H27FN4O3. The summed E-state index contributed by atoms with van der Waals surface area (Å²) in [4.78, 5) is 25.4. The predicted molar refractivity (Wildman–Crippen MR) is 121 cm³/mol. The molecule has 1 N–H and O–H groups in total. The standard InChI is InChI=1S/C24H27FN4O3/c1-15(2)14-32-24(31)29-10-8-28(9-11-29)23-18-6-4-16(3)12-20(18)26-22(27-23)19-13-17(25)5-7-21(19)30/h4-7,12-13,15,30H,8-11,14H2,1-3H3. The number of phenolic OH excluding ortho intramolecular Hbond substituents is 1. The fourth-order valence-corrected chi connectivity index (χ4v) is 3.70. The molecule has 168 valence electrons. The molecule has 0 bridgehead atoms. The number of anilines is 1. The summed E-state index contributed by atoms with van der Waals surface area (Å²) in [5, 5.41) is 11.1. The van der Waals surface area contributed by atoms with E-state index in [1.54, 1.807) is 4.90 Å². The average Bonchev–Trinajstić information content (AvgIpc) is 2.78. The molecule has 2 heterocycles. The van der Waals surface area contributed by atoms with E-state index in [1.807, 2.05) is 39.0 Å². The second kappa shape index (κ2) is 8.98. The van der Waals surface area contributed by atoms with Crippen molar-refractivity contribution in [3.8, 4) is 17.1 Å². The third kappa shape index (κ3) is 4.59. The molecule has 1 amide bonds. The van der Waals surface area contributed by atoms with E-state index in [0.717, 1.165) is 10.9 Å². The number of benzene rings is 2. The van der Waals surface area contributed by atoms with Crippen molar-refractivity contribution < 1.29 is 19.0 Å². The summed E-state index contributed by atoms with van der Waals surface area (Å²) in [6, 6.07) is 9.64. The summed E-state index contributed by atoms with van der Waals surface area (Å²) < 4.78 is 19.2. The van der Waals surface area contributed by atoms with Crippen LogP contribution in [0, 0.1) is 18.7 Å². The molecule has 3 aromatic rings. The third-order valence-electron chi connectivity index (χ3n) is 5.41.